The van der Waals surface area contributed by atoms with E-state index in [0.29, 0.717) is 30.1 Å². The van der Waals surface area contributed by atoms with E-state index in [2.05, 4.69) is 51.1 Å². The van der Waals surface area contributed by atoms with Gasteiger partial charge in [-0.15, -0.1) is 0 Å². The minimum Gasteiger partial charge on any atom is -0.396 e. The molecule has 8 heteroatoms. The molecule has 4 N–H and O–H groups in total. The van der Waals surface area contributed by atoms with Gasteiger partial charge < -0.3 is 21.1 Å². The zero-order valence-electron chi connectivity index (χ0n) is 16.5. The molecule has 0 saturated carbocycles. The van der Waals surface area contributed by atoms with Gasteiger partial charge in [0.25, 0.3) is 0 Å². The molecule has 1 fully saturated rings. The molecule has 0 atom stereocenters. The Morgan fingerprint density at radius 3 is 2.85 bits per heavy atom. The number of ether oxygens (including phenoxy) is 1. The first-order valence-electron chi connectivity index (χ1n) is 9.23. The fourth-order valence-corrected chi connectivity index (χ4v) is 2.82. The number of nitrogens with one attached hydrogen (secondary N) is 2. The number of pyridine rings is 1. The first-order chi connectivity index (χ1) is 13.0. The van der Waals surface area contributed by atoms with Gasteiger partial charge in [0.05, 0.1) is 30.3 Å². The Hall–Kier alpha value is -2.45. The molecule has 1 aliphatic heterocycles. The van der Waals surface area contributed by atoms with Gasteiger partial charge in [0.15, 0.2) is 0 Å². The van der Waals surface area contributed by atoms with Crippen molar-refractivity contribution in [1.82, 2.24) is 9.88 Å². The molecule has 27 heavy (non-hydrogen) atoms. The van der Waals surface area contributed by atoms with Crippen molar-refractivity contribution in [3.05, 3.63) is 24.5 Å². The molecular formula is C19H31N7O. The van der Waals surface area contributed by atoms with Crippen molar-refractivity contribution in [3.63, 3.8) is 0 Å². The Balaban J connectivity index is 2.05. The van der Waals surface area contributed by atoms with E-state index >= 15 is 0 Å². The molecule has 148 valence electrons. The Kier molecular flexibility index (Phi) is 8.22. The summed E-state index contributed by atoms with van der Waals surface area (Å²) < 4.78 is 5.42. The zero-order valence-corrected chi connectivity index (χ0v) is 16.5. The van der Waals surface area contributed by atoms with Gasteiger partial charge in [0, 0.05) is 38.5 Å². The molecule has 8 nitrogen and oxygen atoms in total. The summed E-state index contributed by atoms with van der Waals surface area (Å²) in [6.45, 7) is 10.2. The van der Waals surface area contributed by atoms with Crippen LogP contribution in [0.1, 0.15) is 26.7 Å². The van der Waals surface area contributed by atoms with E-state index in [0.717, 1.165) is 31.6 Å². The minimum atomic E-state index is 0.274. The van der Waals surface area contributed by atoms with Gasteiger partial charge in [-0.2, -0.15) is 0 Å². The molecule has 0 bridgehead atoms. The number of aromatic nitrogens is 1. The number of nitrogen functional groups attached to an aromatic ring is 1. The quantitative estimate of drug-likeness (QED) is 0.478. The lowest BCUT2D eigenvalue weighted by molar-refractivity contribution is 0.0421. The van der Waals surface area contributed by atoms with E-state index < -0.39 is 0 Å². The van der Waals surface area contributed by atoms with Crippen LogP contribution in [-0.4, -0.2) is 61.5 Å². The Morgan fingerprint density at radius 2 is 2.22 bits per heavy atom. The number of rotatable bonds is 8. The first kappa shape index (κ1) is 20.9. The number of methoxy groups -OCH3 is 1. The van der Waals surface area contributed by atoms with Crippen LogP contribution in [0.15, 0.2) is 34.5 Å². The number of anilines is 3. The van der Waals surface area contributed by atoms with Crippen LogP contribution in [0.3, 0.4) is 0 Å². The highest BCUT2D eigenvalue weighted by molar-refractivity contribution is 6.03. The molecule has 0 spiro atoms. The van der Waals surface area contributed by atoms with Gasteiger partial charge in [-0.1, -0.05) is 0 Å². The highest BCUT2D eigenvalue weighted by Crippen LogP contribution is 2.21. The maximum absolute atomic E-state index is 5.99. The third kappa shape index (κ3) is 6.99. The minimum absolute atomic E-state index is 0.274. The number of piperidine rings is 1. The van der Waals surface area contributed by atoms with E-state index in [-0.39, 0.29) is 6.04 Å². The van der Waals surface area contributed by atoms with Crippen LogP contribution in [0.5, 0.6) is 0 Å². The largest absolute Gasteiger partial charge is 0.396 e. The van der Waals surface area contributed by atoms with Crippen molar-refractivity contribution in [1.29, 1.82) is 0 Å². The lowest BCUT2D eigenvalue weighted by Gasteiger charge is -2.29. The molecule has 2 heterocycles. The van der Waals surface area contributed by atoms with Crippen LogP contribution in [0, 0.1) is 0 Å². The monoisotopic (exact) mass is 373 g/mol. The Labute approximate surface area is 161 Å². The van der Waals surface area contributed by atoms with Crippen molar-refractivity contribution in [2.45, 2.75) is 38.8 Å². The average Bonchev–Trinajstić information content (AvgIpc) is 2.66. The van der Waals surface area contributed by atoms with Crippen LogP contribution in [0.2, 0.25) is 0 Å². The summed E-state index contributed by atoms with van der Waals surface area (Å²) in [5.74, 6) is 1.34. The van der Waals surface area contributed by atoms with Gasteiger partial charge >= 0.3 is 0 Å². The topological polar surface area (TPSA) is 100 Å². The van der Waals surface area contributed by atoms with Crippen molar-refractivity contribution in [2.75, 3.05) is 43.2 Å². The Bertz CT molecular complexity index is 664. The number of hydrogen-bond donors (Lipinski definition) is 3. The van der Waals surface area contributed by atoms with E-state index in [1.54, 1.807) is 25.6 Å². The molecule has 1 aromatic rings. The number of likely N-dealkylation sites (tertiary alicyclic amines) is 1. The lowest BCUT2D eigenvalue weighted by atomic mass is 10.1. The van der Waals surface area contributed by atoms with E-state index in [1.165, 1.54) is 0 Å². The molecule has 0 amide bonds. The molecule has 0 aliphatic carbocycles. The number of hydrogen-bond acceptors (Lipinski definition) is 7. The van der Waals surface area contributed by atoms with Gasteiger partial charge in [-0.3, -0.25) is 14.9 Å². The molecular weight excluding hydrogens is 342 g/mol. The Morgan fingerprint density at radius 1 is 1.48 bits per heavy atom. The van der Waals surface area contributed by atoms with Gasteiger partial charge in [0.2, 0.25) is 0 Å². The second kappa shape index (κ2) is 10.6. The third-order valence-corrected chi connectivity index (χ3v) is 4.28. The van der Waals surface area contributed by atoms with Crippen LogP contribution < -0.4 is 16.4 Å². The van der Waals surface area contributed by atoms with Crippen LogP contribution in [0.4, 0.5) is 17.2 Å². The zero-order chi connectivity index (χ0) is 19.6. The second-order valence-corrected chi connectivity index (χ2v) is 6.82. The smallest absolute Gasteiger partial charge is 0.133 e. The molecule has 1 saturated heterocycles. The standard InChI is InChI=1S/C19H31N7O/c1-14(2)24-17-11-19(22-12-16(17)20)25-18(5-8-21-3)23-13-26-9-6-15(27-4)7-10-26/h5,8,11-12,14-15H,3,6-7,9-10,13,20H2,1-2,4H3,(H2,22,23,24,25)/b8-5-. The molecule has 1 aromatic heterocycles. The predicted molar refractivity (Wildman–Crippen MR) is 114 cm³/mol. The maximum Gasteiger partial charge on any atom is 0.133 e. The third-order valence-electron chi connectivity index (χ3n) is 4.28. The fraction of sp³-hybridized carbons (Fsp3) is 0.526. The number of amidine groups is 1. The summed E-state index contributed by atoms with van der Waals surface area (Å²) in [4.78, 5) is 15.1. The van der Waals surface area contributed by atoms with Crippen LogP contribution in [-0.2, 0) is 4.74 Å². The van der Waals surface area contributed by atoms with Crippen molar-refractivity contribution < 1.29 is 4.74 Å². The van der Waals surface area contributed by atoms with E-state index in [1.807, 2.05) is 6.07 Å². The fourth-order valence-electron chi connectivity index (χ4n) is 2.82. The summed E-state index contributed by atoms with van der Waals surface area (Å²) >= 11 is 0. The molecule has 2 rings (SSSR count). The molecule has 0 aromatic carbocycles. The van der Waals surface area contributed by atoms with Crippen molar-refractivity contribution >= 4 is 29.7 Å². The van der Waals surface area contributed by atoms with Gasteiger partial charge in [0.1, 0.15) is 11.7 Å². The van der Waals surface area contributed by atoms with Crippen molar-refractivity contribution in [2.24, 2.45) is 9.98 Å². The predicted octanol–water partition coefficient (Wildman–Crippen LogP) is 2.58. The molecule has 0 unspecified atom stereocenters. The second-order valence-electron chi connectivity index (χ2n) is 6.82. The van der Waals surface area contributed by atoms with E-state index in [9.17, 15) is 0 Å². The summed E-state index contributed by atoms with van der Waals surface area (Å²) in [5.41, 5.74) is 7.44. The first-order valence-corrected chi connectivity index (χ1v) is 9.23. The lowest BCUT2D eigenvalue weighted by Crippen LogP contribution is -2.37. The number of nitrogens with two attached hydrogens (primary N) is 1. The van der Waals surface area contributed by atoms with Gasteiger partial charge in [-0.05, 0) is 39.5 Å². The molecule has 1 aliphatic rings. The summed E-state index contributed by atoms with van der Waals surface area (Å²) in [5, 5.41) is 6.54. The summed E-state index contributed by atoms with van der Waals surface area (Å²) in [7, 11) is 1.77. The number of nitrogens with zero attached hydrogens (tertiary/aromatic N) is 4. The van der Waals surface area contributed by atoms with Crippen molar-refractivity contribution in [3.8, 4) is 0 Å². The highest BCUT2D eigenvalue weighted by Gasteiger charge is 2.18. The average molecular weight is 374 g/mol. The molecule has 0 radical (unpaired) electrons. The number of aliphatic imine (C=N–C) groups is 2. The maximum atomic E-state index is 5.99. The van der Waals surface area contributed by atoms with Crippen LogP contribution >= 0.6 is 0 Å². The van der Waals surface area contributed by atoms with E-state index in [4.69, 9.17) is 10.5 Å². The van der Waals surface area contributed by atoms with Crippen LogP contribution in [0.25, 0.3) is 0 Å². The SMILES string of the molecule is C=N/C=C\C(=N/CN1CCC(OC)CC1)Nc1cc(NC(C)C)c(N)cn1. The summed E-state index contributed by atoms with van der Waals surface area (Å²) in [6.07, 6.45) is 7.44. The van der Waals surface area contributed by atoms with Gasteiger partial charge in [-0.25, -0.2) is 4.98 Å². The normalized spacial score (nSPS) is 16.8. The highest BCUT2D eigenvalue weighted by atomic mass is 16.5. The summed E-state index contributed by atoms with van der Waals surface area (Å²) in [6, 6.07) is 2.15.